The molecule has 2 rings (SSSR count). The van der Waals surface area contributed by atoms with Gasteiger partial charge in [0.2, 0.25) is 10.0 Å². The number of phenolic OH excluding ortho intramolecular Hbond substituents is 1. The highest BCUT2D eigenvalue weighted by molar-refractivity contribution is 7.89. The topological polar surface area (TPSA) is 66.4 Å². The highest BCUT2D eigenvalue weighted by atomic mass is 32.2. The molecule has 0 atom stereocenters. The van der Waals surface area contributed by atoms with Crippen LogP contribution in [0, 0.1) is 0 Å². The Morgan fingerprint density at radius 1 is 0.952 bits per heavy atom. The van der Waals surface area contributed by atoms with Crippen molar-refractivity contribution in [3.63, 3.8) is 0 Å². The lowest BCUT2D eigenvalue weighted by atomic mass is 10.1. The minimum absolute atomic E-state index is 0.160. The van der Waals surface area contributed by atoms with Crippen molar-refractivity contribution in [3.8, 4) is 5.75 Å². The Morgan fingerprint density at radius 3 is 2.10 bits per heavy atom. The van der Waals surface area contributed by atoms with Gasteiger partial charge in [0.05, 0.1) is 4.90 Å². The van der Waals surface area contributed by atoms with Gasteiger partial charge in [-0.15, -0.1) is 0 Å². The summed E-state index contributed by atoms with van der Waals surface area (Å²) in [4.78, 5) is 0.265. The van der Waals surface area contributed by atoms with Crippen LogP contribution in [-0.4, -0.2) is 13.5 Å². The number of rotatable bonds is 6. The number of sulfonamides is 1. The lowest BCUT2D eigenvalue weighted by molar-refractivity contribution is 0.475. The number of benzene rings is 2. The van der Waals surface area contributed by atoms with Gasteiger partial charge in [0.25, 0.3) is 0 Å². The van der Waals surface area contributed by atoms with Gasteiger partial charge in [0.1, 0.15) is 5.75 Å². The molecule has 112 valence electrons. The molecule has 0 spiro atoms. The summed E-state index contributed by atoms with van der Waals surface area (Å²) in [5, 5.41) is 9.19. The molecule has 2 aromatic carbocycles. The summed E-state index contributed by atoms with van der Waals surface area (Å²) in [7, 11) is -3.51. The average Bonchev–Trinajstić information content (AvgIpc) is 2.48. The van der Waals surface area contributed by atoms with Crippen LogP contribution in [0.1, 0.15) is 24.5 Å². The van der Waals surface area contributed by atoms with Gasteiger partial charge in [0, 0.05) is 6.54 Å². The van der Waals surface area contributed by atoms with Crippen molar-refractivity contribution in [2.75, 3.05) is 0 Å². The van der Waals surface area contributed by atoms with Crippen LogP contribution in [0.25, 0.3) is 0 Å². The van der Waals surface area contributed by atoms with Crippen LogP contribution in [0.5, 0.6) is 5.75 Å². The highest BCUT2D eigenvalue weighted by Crippen LogP contribution is 2.13. The van der Waals surface area contributed by atoms with E-state index < -0.39 is 10.0 Å². The average molecular weight is 305 g/mol. The SMILES string of the molecule is CCCc1ccc(S(=O)(=O)NCc2ccc(O)cc2)cc1. The molecule has 0 heterocycles. The van der Waals surface area contributed by atoms with E-state index in [2.05, 4.69) is 11.6 Å². The zero-order valence-corrected chi connectivity index (χ0v) is 12.7. The Balaban J connectivity index is 2.05. The van der Waals surface area contributed by atoms with Crippen molar-refractivity contribution >= 4 is 10.0 Å². The Hall–Kier alpha value is -1.85. The van der Waals surface area contributed by atoms with Gasteiger partial charge in [-0.2, -0.15) is 0 Å². The first-order valence-electron chi connectivity index (χ1n) is 6.88. The third-order valence-corrected chi connectivity index (χ3v) is 4.59. The largest absolute Gasteiger partial charge is 0.508 e. The summed E-state index contributed by atoms with van der Waals surface area (Å²) < 4.78 is 26.9. The molecule has 0 unspecified atom stereocenters. The van der Waals surface area contributed by atoms with E-state index in [9.17, 15) is 13.5 Å². The van der Waals surface area contributed by atoms with E-state index in [1.807, 2.05) is 12.1 Å². The molecule has 0 saturated carbocycles. The normalized spacial score (nSPS) is 11.5. The monoisotopic (exact) mass is 305 g/mol. The van der Waals surface area contributed by atoms with Gasteiger partial charge in [-0.1, -0.05) is 37.6 Å². The fourth-order valence-corrected chi connectivity index (χ4v) is 3.02. The number of nitrogens with one attached hydrogen (secondary N) is 1. The first-order chi connectivity index (χ1) is 10.0. The van der Waals surface area contributed by atoms with Crippen molar-refractivity contribution in [3.05, 3.63) is 59.7 Å². The minimum atomic E-state index is -3.51. The summed E-state index contributed by atoms with van der Waals surface area (Å²) in [6.07, 6.45) is 1.98. The fourth-order valence-electron chi connectivity index (χ4n) is 2.00. The van der Waals surface area contributed by atoms with Crippen LogP contribution >= 0.6 is 0 Å². The summed E-state index contributed by atoms with van der Waals surface area (Å²) in [5.74, 6) is 0.160. The number of aryl methyl sites for hydroxylation is 1. The molecule has 21 heavy (non-hydrogen) atoms. The van der Waals surface area contributed by atoms with Gasteiger partial charge in [-0.05, 0) is 41.8 Å². The van der Waals surface area contributed by atoms with Crippen molar-refractivity contribution < 1.29 is 13.5 Å². The van der Waals surface area contributed by atoms with Crippen molar-refractivity contribution in [2.45, 2.75) is 31.2 Å². The number of hydrogen-bond donors (Lipinski definition) is 2. The number of hydrogen-bond acceptors (Lipinski definition) is 3. The van der Waals surface area contributed by atoms with Crippen molar-refractivity contribution in [1.29, 1.82) is 0 Å². The maximum Gasteiger partial charge on any atom is 0.240 e. The first-order valence-corrected chi connectivity index (χ1v) is 8.36. The zero-order chi connectivity index (χ0) is 15.3. The van der Waals surface area contributed by atoms with E-state index >= 15 is 0 Å². The molecule has 0 fully saturated rings. The number of aromatic hydroxyl groups is 1. The molecular formula is C16H19NO3S. The quantitative estimate of drug-likeness (QED) is 0.862. The molecular weight excluding hydrogens is 286 g/mol. The van der Waals surface area contributed by atoms with Crippen LogP contribution in [0.2, 0.25) is 0 Å². The number of phenols is 1. The molecule has 5 heteroatoms. The fraction of sp³-hybridized carbons (Fsp3) is 0.250. The van der Waals surface area contributed by atoms with Crippen LogP contribution in [-0.2, 0) is 23.0 Å². The van der Waals surface area contributed by atoms with Gasteiger partial charge < -0.3 is 5.11 Å². The minimum Gasteiger partial charge on any atom is -0.508 e. The Bertz CT molecular complexity index is 676. The molecule has 2 N–H and O–H groups in total. The van der Waals surface area contributed by atoms with Crippen molar-refractivity contribution in [2.24, 2.45) is 0 Å². The highest BCUT2D eigenvalue weighted by Gasteiger charge is 2.13. The van der Waals surface area contributed by atoms with Crippen molar-refractivity contribution in [1.82, 2.24) is 4.72 Å². The third kappa shape index (κ3) is 4.31. The molecule has 0 radical (unpaired) electrons. The molecule has 0 saturated heterocycles. The standard InChI is InChI=1S/C16H19NO3S/c1-2-3-13-6-10-16(11-7-13)21(19,20)17-12-14-4-8-15(18)9-5-14/h4-11,17-18H,2-3,12H2,1H3. The Labute approximate surface area is 125 Å². The van der Waals surface area contributed by atoms with E-state index in [0.29, 0.717) is 0 Å². The van der Waals surface area contributed by atoms with E-state index in [4.69, 9.17) is 0 Å². The maximum atomic E-state index is 12.2. The van der Waals surface area contributed by atoms with Crippen LogP contribution in [0.3, 0.4) is 0 Å². The van der Waals surface area contributed by atoms with E-state index in [-0.39, 0.29) is 17.2 Å². The molecule has 0 bridgehead atoms. The predicted molar refractivity (Wildman–Crippen MR) is 82.6 cm³/mol. The molecule has 0 aliphatic rings. The van der Waals surface area contributed by atoms with E-state index in [1.165, 1.54) is 12.1 Å². The maximum absolute atomic E-state index is 12.2. The lowest BCUT2D eigenvalue weighted by Crippen LogP contribution is -2.23. The third-order valence-electron chi connectivity index (χ3n) is 3.17. The molecule has 4 nitrogen and oxygen atoms in total. The second-order valence-electron chi connectivity index (χ2n) is 4.88. The predicted octanol–water partition coefficient (Wildman–Crippen LogP) is 2.82. The molecule has 2 aromatic rings. The molecule has 0 aromatic heterocycles. The van der Waals surface area contributed by atoms with Gasteiger partial charge in [-0.25, -0.2) is 13.1 Å². The van der Waals surface area contributed by atoms with Gasteiger partial charge in [-0.3, -0.25) is 0 Å². The molecule has 0 aliphatic heterocycles. The summed E-state index contributed by atoms with van der Waals surface area (Å²) >= 11 is 0. The van der Waals surface area contributed by atoms with Gasteiger partial charge >= 0.3 is 0 Å². The van der Waals surface area contributed by atoms with Crippen LogP contribution in [0.15, 0.2) is 53.4 Å². The van der Waals surface area contributed by atoms with Gasteiger partial charge in [0.15, 0.2) is 0 Å². The molecule has 0 amide bonds. The van der Waals surface area contributed by atoms with E-state index in [1.54, 1.807) is 24.3 Å². The van der Waals surface area contributed by atoms with Crippen LogP contribution < -0.4 is 4.72 Å². The van der Waals surface area contributed by atoms with Crippen LogP contribution in [0.4, 0.5) is 0 Å². The summed E-state index contributed by atoms with van der Waals surface area (Å²) in [6, 6.07) is 13.4. The molecule has 0 aliphatic carbocycles. The Morgan fingerprint density at radius 2 is 1.52 bits per heavy atom. The first kappa shape index (κ1) is 15.5. The lowest BCUT2D eigenvalue weighted by Gasteiger charge is -2.08. The second-order valence-corrected chi connectivity index (χ2v) is 6.65. The zero-order valence-electron chi connectivity index (χ0n) is 11.9. The Kier molecular flexibility index (Phi) is 4.98. The smallest absolute Gasteiger partial charge is 0.240 e. The summed E-state index contributed by atoms with van der Waals surface area (Å²) in [5.41, 5.74) is 1.92. The summed E-state index contributed by atoms with van der Waals surface area (Å²) in [6.45, 7) is 2.28. The van der Waals surface area contributed by atoms with E-state index in [0.717, 1.165) is 24.0 Å². The second kappa shape index (κ2) is 6.74.